The lowest BCUT2D eigenvalue weighted by Crippen LogP contribution is -2.11. The van der Waals surface area contributed by atoms with Crippen molar-refractivity contribution in [2.45, 2.75) is 13.8 Å². The summed E-state index contributed by atoms with van der Waals surface area (Å²) in [6.07, 6.45) is 3.31. The Kier molecular flexibility index (Phi) is 3.01. The number of thiophene rings is 1. The minimum absolute atomic E-state index is 0.0661. The van der Waals surface area contributed by atoms with Crippen LogP contribution in [0.3, 0.4) is 0 Å². The molecule has 0 unspecified atom stereocenters. The van der Waals surface area contributed by atoms with Crippen LogP contribution in [0.5, 0.6) is 0 Å². The number of carbonyl (C=O) groups excluding carboxylic acids is 1. The van der Waals surface area contributed by atoms with Gasteiger partial charge in [-0.1, -0.05) is 0 Å². The number of anilines is 1. The molecular formula is C12H12N2OS. The molecule has 1 N–H and O–H groups in total. The van der Waals surface area contributed by atoms with Crippen molar-refractivity contribution < 1.29 is 4.79 Å². The molecule has 16 heavy (non-hydrogen) atoms. The van der Waals surface area contributed by atoms with Crippen LogP contribution in [0.4, 0.5) is 5.69 Å². The van der Waals surface area contributed by atoms with Crippen molar-refractivity contribution in [1.82, 2.24) is 4.98 Å². The van der Waals surface area contributed by atoms with Crippen LogP contribution < -0.4 is 5.32 Å². The second-order valence-corrected chi connectivity index (χ2v) is 4.82. The van der Waals surface area contributed by atoms with E-state index in [1.165, 1.54) is 11.3 Å². The van der Waals surface area contributed by atoms with Crippen LogP contribution in [0.1, 0.15) is 20.1 Å². The van der Waals surface area contributed by atoms with Crippen molar-refractivity contribution >= 4 is 22.9 Å². The van der Waals surface area contributed by atoms with Gasteiger partial charge in [-0.15, -0.1) is 11.3 Å². The van der Waals surface area contributed by atoms with Gasteiger partial charge in [-0.05, 0) is 37.6 Å². The number of nitrogens with one attached hydrogen (secondary N) is 1. The first-order valence-corrected chi connectivity index (χ1v) is 5.77. The third-order valence-corrected chi connectivity index (χ3v) is 3.32. The molecule has 0 aliphatic heterocycles. The summed E-state index contributed by atoms with van der Waals surface area (Å²) >= 11 is 1.51. The number of aryl methyl sites for hydroxylation is 2. The number of aromatic nitrogens is 1. The number of carbonyl (C=O) groups is 1. The number of amides is 1. The number of hydrogen-bond donors (Lipinski definition) is 1. The summed E-state index contributed by atoms with van der Waals surface area (Å²) in [4.78, 5) is 17.8. The molecule has 0 aromatic carbocycles. The molecule has 0 bridgehead atoms. The predicted molar refractivity (Wildman–Crippen MR) is 66.0 cm³/mol. The second-order valence-electron chi connectivity index (χ2n) is 3.57. The predicted octanol–water partition coefficient (Wildman–Crippen LogP) is 3.01. The van der Waals surface area contributed by atoms with Crippen LogP contribution in [0.2, 0.25) is 0 Å². The largest absolute Gasteiger partial charge is 0.320 e. The topological polar surface area (TPSA) is 42.0 Å². The molecule has 0 saturated carbocycles. The highest BCUT2D eigenvalue weighted by Crippen LogP contribution is 2.21. The zero-order valence-electron chi connectivity index (χ0n) is 9.15. The standard InChI is InChI=1S/C12H12N2OS/c1-8-6-9(2)16-11(8)12(15)14-10-4-3-5-13-7-10/h3-7H,1-2H3,(H,14,15). The molecule has 2 aromatic heterocycles. The first-order chi connectivity index (χ1) is 7.66. The van der Waals surface area contributed by atoms with Gasteiger partial charge in [0.15, 0.2) is 0 Å². The zero-order chi connectivity index (χ0) is 11.5. The zero-order valence-corrected chi connectivity index (χ0v) is 9.97. The first kappa shape index (κ1) is 10.8. The van der Waals surface area contributed by atoms with E-state index in [1.54, 1.807) is 18.5 Å². The van der Waals surface area contributed by atoms with E-state index in [-0.39, 0.29) is 5.91 Å². The number of pyridine rings is 1. The average molecular weight is 232 g/mol. The fraction of sp³-hybridized carbons (Fsp3) is 0.167. The molecule has 0 spiro atoms. The molecule has 0 aliphatic rings. The SMILES string of the molecule is Cc1cc(C)c(C(=O)Nc2cccnc2)s1. The Morgan fingerprint density at radius 2 is 2.25 bits per heavy atom. The van der Waals surface area contributed by atoms with Gasteiger partial charge in [0.2, 0.25) is 0 Å². The van der Waals surface area contributed by atoms with Crippen LogP contribution in [0, 0.1) is 13.8 Å². The molecule has 0 aliphatic carbocycles. The molecule has 0 atom stereocenters. The second kappa shape index (κ2) is 4.45. The van der Waals surface area contributed by atoms with Crippen molar-refractivity contribution in [2.24, 2.45) is 0 Å². The number of rotatable bonds is 2. The van der Waals surface area contributed by atoms with Gasteiger partial charge in [-0.2, -0.15) is 0 Å². The van der Waals surface area contributed by atoms with E-state index in [1.807, 2.05) is 26.0 Å². The molecule has 0 radical (unpaired) electrons. The van der Waals surface area contributed by atoms with Crippen LogP contribution in [0.15, 0.2) is 30.6 Å². The van der Waals surface area contributed by atoms with Crippen molar-refractivity contribution in [2.75, 3.05) is 5.32 Å². The Hall–Kier alpha value is -1.68. The van der Waals surface area contributed by atoms with E-state index < -0.39 is 0 Å². The summed E-state index contributed by atoms with van der Waals surface area (Å²) in [6, 6.07) is 5.63. The monoisotopic (exact) mass is 232 g/mol. The maximum Gasteiger partial charge on any atom is 0.266 e. The van der Waals surface area contributed by atoms with Gasteiger partial charge in [0, 0.05) is 11.1 Å². The van der Waals surface area contributed by atoms with Gasteiger partial charge in [0.05, 0.1) is 16.8 Å². The summed E-state index contributed by atoms with van der Waals surface area (Å²) in [5.41, 5.74) is 1.74. The van der Waals surface area contributed by atoms with Crippen LogP contribution in [0.25, 0.3) is 0 Å². The molecule has 0 fully saturated rings. The third kappa shape index (κ3) is 2.28. The van der Waals surface area contributed by atoms with E-state index in [4.69, 9.17) is 0 Å². The highest BCUT2D eigenvalue weighted by molar-refractivity contribution is 7.14. The Bertz CT molecular complexity index is 505. The molecule has 82 valence electrons. The lowest BCUT2D eigenvalue weighted by atomic mass is 10.2. The summed E-state index contributed by atoms with van der Waals surface area (Å²) in [6.45, 7) is 3.94. The normalized spacial score (nSPS) is 10.1. The highest BCUT2D eigenvalue weighted by Gasteiger charge is 2.12. The lowest BCUT2D eigenvalue weighted by molar-refractivity contribution is 0.103. The maximum atomic E-state index is 11.9. The maximum absolute atomic E-state index is 11.9. The molecule has 2 heterocycles. The van der Waals surface area contributed by atoms with Gasteiger partial charge in [0.25, 0.3) is 5.91 Å². The van der Waals surface area contributed by atoms with E-state index in [2.05, 4.69) is 10.3 Å². The smallest absolute Gasteiger partial charge is 0.266 e. The Balaban J connectivity index is 2.18. The molecule has 4 heteroatoms. The minimum atomic E-state index is -0.0661. The van der Waals surface area contributed by atoms with Gasteiger partial charge >= 0.3 is 0 Å². The molecular weight excluding hydrogens is 220 g/mol. The summed E-state index contributed by atoms with van der Waals surface area (Å²) < 4.78 is 0. The molecule has 0 saturated heterocycles. The lowest BCUT2D eigenvalue weighted by Gasteiger charge is -2.02. The fourth-order valence-electron chi connectivity index (χ4n) is 1.49. The van der Waals surface area contributed by atoms with Crippen molar-refractivity contribution in [3.63, 3.8) is 0 Å². The average Bonchev–Trinajstić information content (AvgIpc) is 2.59. The van der Waals surface area contributed by atoms with E-state index in [0.29, 0.717) is 0 Å². The Labute approximate surface area is 98.2 Å². The summed E-state index contributed by atoms with van der Waals surface area (Å²) in [7, 11) is 0. The third-order valence-electron chi connectivity index (χ3n) is 2.17. The minimum Gasteiger partial charge on any atom is -0.320 e. The van der Waals surface area contributed by atoms with Crippen molar-refractivity contribution in [1.29, 1.82) is 0 Å². The molecule has 2 aromatic rings. The molecule has 2 rings (SSSR count). The molecule has 3 nitrogen and oxygen atoms in total. The fourth-order valence-corrected chi connectivity index (χ4v) is 2.41. The van der Waals surface area contributed by atoms with Crippen LogP contribution >= 0.6 is 11.3 Å². The highest BCUT2D eigenvalue weighted by atomic mass is 32.1. The summed E-state index contributed by atoms with van der Waals surface area (Å²) in [5, 5.41) is 2.82. The number of hydrogen-bond acceptors (Lipinski definition) is 3. The van der Waals surface area contributed by atoms with E-state index in [9.17, 15) is 4.79 Å². The quantitative estimate of drug-likeness (QED) is 0.864. The number of nitrogens with zero attached hydrogens (tertiary/aromatic N) is 1. The van der Waals surface area contributed by atoms with Crippen molar-refractivity contribution in [3.8, 4) is 0 Å². The van der Waals surface area contributed by atoms with E-state index >= 15 is 0 Å². The van der Waals surface area contributed by atoms with E-state index in [0.717, 1.165) is 21.0 Å². The Morgan fingerprint density at radius 1 is 1.44 bits per heavy atom. The first-order valence-electron chi connectivity index (χ1n) is 4.95. The van der Waals surface area contributed by atoms with Gasteiger partial charge in [-0.25, -0.2) is 0 Å². The van der Waals surface area contributed by atoms with Crippen molar-refractivity contribution in [3.05, 3.63) is 45.9 Å². The van der Waals surface area contributed by atoms with Gasteiger partial charge < -0.3 is 5.32 Å². The Morgan fingerprint density at radius 3 is 2.81 bits per heavy atom. The molecule has 1 amide bonds. The van der Waals surface area contributed by atoms with Crippen LogP contribution in [-0.4, -0.2) is 10.9 Å². The van der Waals surface area contributed by atoms with Gasteiger partial charge in [-0.3, -0.25) is 9.78 Å². The summed E-state index contributed by atoms with van der Waals surface area (Å²) in [5.74, 6) is -0.0661. The van der Waals surface area contributed by atoms with Gasteiger partial charge in [0.1, 0.15) is 0 Å². The van der Waals surface area contributed by atoms with Crippen LogP contribution in [-0.2, 0) is 0 Å².